The first-order valence-electron chi connectivity index (χ1n) is 5.49. The van der Waals surface area contributed by atoms with E-state index in [0.29, 0.717) is 12.0 Å². The fourth-order valence-electron chi connectivity index (χ4n) is 2.40. The molecule has 84 valence electrons. The van der Waals surface area contributed by atoms with Gasteiger partial charge in [-0.05, 0) is 46.4 Å². The monoisotopic (exact) mass is 225 g/mol. The molecule has 3 nitrogen and oxygen atoms in total. The second-order valence-corrected chi connectivity index (χ2v) is 5.25. The van der Waals surface area contributed by atoms with Crippen LogP contribution in [0.1, 0.15) is 23.2 Å². The van der Waals surface area contributed by atoms with Crippen LogP contribution in [-0.4, -0.2) is 37.1 Å². The summed E-state index contributed by atoms with van der Waals surface area (Å²) in [4.78, 5) is 7.06. The molecule has 1 aliphatic heterocycles. The number of hydrogen-bond donors (Lipinski definition) is 1. The second-order valence-electron chi connectivity index (χ2n) is 4.36. The Balaban J connectivity index is 2.17. The van der Waals surface area contributed by atoms with Crippen LogP contribution in [-0.2, 0) is 0 Å². The van der Waals surface area contributed by atoms with Gasteiger partial charge < -0.3 is 5.32 Å². The quantitative estimate of drug-likeness (QED) is 0.848. The highest BCUT2D eigenvalue weighted by atomic mass is 32.1. The third kappa shape index (κ3) is 2.22. The SMILES string of the molecule is CNCC1CCN(C)C1c1nc(C)cs1. The molecule has 0 radical (unpaired) electrons. The topological polar surface area (TPSA) is 28.2 Å². The Morgan fingerprint density at radius 2 is 2.47 bits per heavy atom. The van der Waals surface area contributed by atoms with Gasteiger partial charge in [-0.2, -0.15) is 0 Å². The Morgan fingerprint density at radius 3 is 3.07 bits per heavy atom. The van der Waals surface area contributed by atoms with Gasteiger partial charge in [-0.3, -0.25) is 4.90 Å². The van der Waals surface area contributed by atoms with Crippen LogP contribution in [0.3, 0.4) is 0 Å². The van der Waals surface area contributed by atoms with Gasteiger partial charge in [-0.1, -0.05) is 0 Å². The van der Waals surface area contributed by atoms with Gasteiger partial charge in [0.25, 0.3) is 0 Å². The third-order valence-corrected chi connectivity index (χ3v) is 4.16. The highest BCUT2D eigenvalue weighted by Gasteiger charge is 2.34. The number of hydrogen-bond acceptors (Lipinski definition) is 4. The van der Waals surface area contributed by atoms with E-state index in [1.54, 1.807) is 11.3 Å². The number of nitrogens with zero attached hydrogens (tertiary/aromatic N) is 2. The van der Waals surface area contributed by atoms with Crippen LogP contribution >= 0.6 is 11.3 Å². The number of nitrogens with one attached hydrogen (secondary N) is 1. The average molecular weight is 225 g/mol. The molecule has 0 aliphatic carbocycles. The molecular weight excluding hydrogens is 206 g/mol. The van der Waals surface area contributed by atoms with E-state index >= 15 is 0 Å². The summed E-state index contributed by atoms with van der Waals surface area (Å²) in [6.45, 7) is 4.35. The van der Waals surface area contributed by atoms with E-state index in [1.807, 2.05) is 7.05 Å². The number of likely N-dealkylation sites (tertiary alicyclic amines) is 1. The Morgan fingerprint density at radius 1 is 1.67 bits per heavy atom. The Kier molecular flexibility index (Phi) is 3.38. The lowest BCUT2D eigenvalue weighted by atomic mass is 10.0. The highest BCUT2D eigenvalue weighted by molar-refractivity contribution is 7.09. The van der Waals surface area contributed by atoms with Crippen LogP contribution < -0.4 is 5.32 Å². The minimum absolute atomic E-state index is 0.524. The molecule has 2 unspecified atom stereocenters. The van der Waals surface area contributed by atoms with Crippen LogP contribution in [0.15, 0.2) is 5.38 Å². The van der Waals surface area contributed by atoms with E-state index in [-0.39, 0.29) is 0 Å². The molecule has 1 aromatic rings. The van der Waals surface area contributed by atoms with E-state index in [1.165, 1.54) is 18.0 Å². The molecule has 1 fully saturated rings. The molecule has 1 N–H and O–H groups in total. The molecular formula is C11H19N3S. The van der Waals surface area contributed by atoms with E-state index < -0.39 is 0 Å². The zero-order valence-electron chi connectivity index (χ0n) is 9.66. The predicted octanol–water partition coefficient (Wildman–Crippen LogP) is 1.66. The van der Waals surface area contributed by atoms with Crippen LogP contribution in [0.5, 0.6) is 0 Å². The van der Waals surface area contributed by atoms with Gasteiger partial charge in [0, 0.05) is 11.1 Å². The summed E-state index contributed by atoms with van der Waals surface area (Å²) < 4.78 is 0. The Bertz CT molecular complexity index is 321. The van der Waals surface area contributed by atoms with Gasteiger partial charge in [0.05, 0.1) is 6.04 Å². The van der Waals surface area contributed by atoms with Gasteiger partial charge in [-0.15, -0.1) is 11.3 Å². The van der Waals surface area contributed by atoms with Gasteiger partial charge in [-0.25, -0.2) is 4.98 Å². The van der Waals surface area contributed by atoms with E-state index in [4.69, 9.17) is 0 Å². The first kappa shape index (κ1) is 11.0. The smallest absolute Gasteiger partial charge is 0.110 e. The van der Waals surface area contributed by atoms with Crippen LogP contribution in [0, 0.1) is 12.8 Å². The van der Waals surface area contributed by atoms with Gasteiger partial charge in [0.1, 0.15) is 5.01 Å². The van der Waals surface area contributed by atoms with Crippen molar-refractivity contribution in [3.8, 4) is 0 Å². The lowest BCUT2D eigenvalue weighted by Crippen LogP contribution is -2.26. The van der Waals surface area contributed by atoms with Crippen LogP contribution in [0.25, 0.3) is 0 Å². The minimum atomic E-state index is 0.524. The van der Waals surface area contributed by atoms with Gasteiger partial charge in [0.2, 0.25) is 0 Å². The summed E-state index contributed by atoms with van der Waals surface area (Å²) >= 11 is 1.80. The Hall–Kier alpha value is -0.450. The molecule has 15 heavy (non-hydrogen) atoms. The predicted molar refractivity (Wildman–Crippen MR) is 64.3 cm³/mol. The number of aryl methyl sites for hydroxylation is 1. The first-order chi connectivity index (χ1) is 7.22. The minimum Gasteiger partial charge on any atom is -0.319 e. The molecule has 2 atom stereocenters. The van der Waals surface area contributed by atoms with Crippen LogP contribution in [0.2, 0.25) is 0 Å². The summed E-state index contributed by atoms with van der Waals surface area (Å²) in [6.07, 6.45) is 1.28. The van der Waals surface area contributed by atoms with Gasteiger partial charge >= 0.3 is 0 Å². The highest BCUT2D eigenvalue weighted by Crippen LogP contribution is 2.36. The van der Waals surface area contributed by atoms with Gasteiger partial charge in [0.15, 0.2) is 0 Å². The number of aromatic nitrogens is 1. The maximum atomic E-state index is 4.62. The summed E-state index contributed by atoms with van der Waals surface area (Å²) in [5.41, 5.74) is 1.15. The van der Waals surface area contributed by atoms with E-state index in [9.17, 15) is 0 Å². The molecule has 0 bridgehead atoms. The Labute approximate surface area is 95.5 Å². The van der Waals surface area contributed by atoms with Crippen LogP contribution in [0.4, 0.5) is 0 Å². The molecule has 2 rings (SSSR count). The van der Waals surface area contributed by atoms with Crippen molar-refractivity contribution < 1.29 is 0 Å². The fourth-order valence-corrected chi connectivity index (χ4v) is 3.45. The van der Waals surface area contributed by atoms with Crippen molar-refractivity contribution in [2.24, 2.45) is 5.92 Å². The van der Waals surface area contributed by atoms with E-state index in [0.717, 1.165) is 12.2 Å². The maximum absolute atomic E-state index is 4.62. The lowest BCUT2D eigenvalue weighted by Gasteiger charge is -2.22. The van der Waals surface area contributed by atoms with Crippen molar-refractivity contribution >= 4 is 11.3 Å². The molecule has 0 saturated carbocycles. The molecule has 2 heterocycles. The van der Waals surface area contributed by atoms with Crippen molar-refractivity contribution in [1.29, 1.82) is 0 Å². The molecule has 4 heteroatoms. The van der Waals surface area contributed by atoms with Crippen molar-refractivity contribution in [1.82, 2.24) is 15.2 Å². The molecule has 0 aromatic carbocycles. The zero-order chi connectivity index (χ0) is 10.8. The van der Waals surface area contributed by atoms with Crippen molar-refractivity contribution in [3.05, 3.63) is 16.1 Å². The maximum Gasteiger partial charge on any atom is 0.110 e. The summed E-state index contributed by atoms with van der Waals surface area (Å²) in [6, 6.07) is 0.524. The molecule has 0 amide bonds. The standard InChI is InChI=1S/C11H19N3S/c1-8-7-15-11(13-8)10-9(6-12-2)4-5-14(10)3/h7,9-10,12H,4-6H2,1-3H3. The normalized spacial score (nSPS) is 27.4. The van der Waals surface area contributed by atoms with E-state index in [2.05, 4.69) is 34.6 Å². The fraction of sp³-hybridized carbons (Fsp3) is 0.727. The summed E-state index contributed by atoms with van der Waals surface area (Å²) in [5, 5.41) is 6.72. The van der Waals surface area contributed by atoms with Crippen molar-refractivity contribution in [2.75, 3.05) is 27.2 Å². The zero-order valence-corrected chi connectivity index (χ0v) is 10.5. The third-order valence-electron chi connectivity index (χ3n) is 3.13. The summed E-state index contributed by atoms with van der Waals surface area (Å²) in [7, 11) is 4.24. The molecule has 1 aliphatic rings. The number of rotatable bonds is 3. The molecule has 1 aromatic heterocycles. The van der Waals surface area contributed by atoms with Crippen molar-refractivity contribution in [2.45, 2.75) is 19.4 Å². The second kappa shape index (κ2) is 4.60. The first-order valence-corrected chi connectivity index (χ1v) is 6.37. The lowest BCUT2D eigenvalue weighted by molar-refractivity contribution is 0.273. The molecule has 1 saturated heterocycles. The van der Waals surface area contributed by atoms with Crippen molar-refractivity contribution in [3.63, 3.8) is 0 Å². The molecule has 0 spiro atoms. The average Bonchev–Trinajstić information content (AvgIpc) is 2.74. The largest absolute Gasteiger partial charge is 0.319 e. The summed E-state index contributed by atoms with van der Waals surface area (Å²) in [5.74, 6) is 0.713. The number of thiazole rings is 1.